The van der Waals surface area contributed by atoms with Crippen molar-refractivity contribution >= 4 is 0 Å². The van der Waals surface area contributed by atoms with Crippen molar-refractivity contribution in [3.63, 3.8) is 0 Å². The average molecular weight is 247 g/mol. The van der Waals surface area contributed by atoms with Gasteiger partial charge in [0.2, 0.25) is 0 Å². The molecule has 1 aromatic rings. The Morgan fingerprint density at radius 2 is 2.00 bits per heavy atom. The van der Waals surface area contributed by atoms with Gasteiger partial charge in [-0.25, -0.2) is 0 Å². The molecule has 0 bridgehead atoms. The molecular weight excluding hydrogens is 231 g/mol. The third kappa shape index (κ3) is 4.65. The summed E-state index contributed by atoms with van der Waals surface area (Å²) >= 11 is 0. The van der Waals surface area contributed by atoms with Gasteiger partial charge in [0, 0.05) is 18.2 Å². The molecule has 0 saturated carbocycles. The largest absolute Gasteiger partial charge is 0.508 e. The number of rotatable bonds is 4. The van der Waals surface area contributed by atoms with Crippen LogP contribution in [0.1, 0.15) is 30.5 Å². The number of nitrogens with one attached hydrogen (secondary N) is 1. The summed E-state index contributed by atoms with van der Waals surface area (Å²) in [5, 5.41) is 12.4. The summed E-state index contributed by atoms with van der Waals surface area (Å²) in [5.41, 5.74) is 1.52. The van der Waals surface area contributed by atoms with Gasteiger partial charge in [-0.2, -0.15) is 13.2 Å². The molecule has 0 saturated heterocycles. The van der Waals surface area contributed by atoms with Gasteiger partial charge < -0.3 is 10.4 Å². The number of hydrogen-bond acceptors (Lipinski definition) is 2. The molecule has 0 amide bonds. The first kappa shape index (κ1) is 13.8. The van der Waals surface area contributed by atoms with Gasteiger partial charge in [-0.1, -0.05) is 12.1 Å². The highest BCUT2D eigenvalue weighted by Gasteiger charge is 2.26. The maximum Gasteiger partial charge on any atom is 0.390 e. The third-order valence-electron chi connectivity index (χ3n) is 2.51. The van der Waals surface area contributed by atoms with E-state index in [4.69, 9.17) is 0 Å². The minimum absolute atomic E-state index is 0.108. The minimum atomic E-state index is -4.15. The topological polar surface area (TPSA) is 32.3 Å². The Morgan fingerprint density at radius 1 is 1.35 bits per heavy atom. The first-order chi connectivity index (χ1) is 7.79. The number of halogens is 3. The zero-order chi connectivity index (χ0) is 13.1. The maximum atomic E-state index is 12.0. The Balaban J connectivity index is 2.55. The predicted molar refractivity (Wildman–Crippen MR) is 59.9 cm³/mol. The smallest absolute Gasteiger partial charge is 0.390 e. The molecule has 2 nitrogen and oxygen atoms in total. The van der Waals surface area contributed by atoms with E-state index in [1.54, 1.807) is 19.1 Å². The fourth-order valence-corrected chi connectivity index (χ4v) is 1.56. The van der Waals surface area contributed by atoms with Gasteiger partial charge in [0.05, 0.1) is 6.42 Å². The summed E-state index contributed by atoms with van der Waals surface area (Å²) < 4.78 is 35.9. The Kier molecular flexibility index (Phi) is 4.40. The van der Waals surface area contributed by atoms with E-state index in [1.165, 1.54) is 0 Å². The van der Waals surface area contributed by atoms with E-state index >= 15 is 0 Å². The number of phenols is 1. The van der Waals surface area contributed by atoms with E-state index in [1.807, 2.05) is 13.0 Å². The van der Waals surface area contributed by atoms with Crippen molar-refractivity contribution in [2.24, 2.45) is 0 Å². The number of aromatic hydroxyl groups is 1. The predicted octanol–water partition coefficient (Wildman–Crippen LogP) is 3.30. The summed E-state index contributed by atoms with van der Waals surface area (Å²) in [4.78, 5) is 0. The van der Waals surface area contributed by atoms with Gasteiger partial charge >= 0.3 is 6.18 Å². The zero-order valence-corrected chi connectivity index (χ0v) is 9.80. The van der Waals surface area contributed by atoms with Gasteiger partial charge in [-0.15, -0.1) is 0 Å². The molecule has 0 fully saturated rings. The Labute approximate surface area is 98.5 Å². The monoisotopic (exact) mass is 247 g/mol. The summed E-state index contributed by atoms with van der Waals surface area (Å²) in [6.45, 7) is 3.41. The lowest BCUT2D eigenvalue weighted by atomic mass is 10.1. The SMILES string of the molecule is Cc1ccc(C(C)NCCC(F)(F)F)c(O)c1. The van der Waals surface area contributed by atoms with Crippen LogP contribution >= 0.6 is 0 Å². The normalized spacial score (nSPS) is 13.7. The van der Waals surface area contributed by atoms with Crippen LogP contribution in [0.2, 0.25) is 0 Å². The van der Waals surface area contributed by atoms with Gasteiger partial charge in [0.1, 0.15) is 5.75 Å². The molecule has 0 aliphatic rings. The molecule has 17 heavy (non-hydrogen) atoms. The van der Waals surface area contributed by atoms with Gasteiger partial charge in [0.25, 0.3) is 0 Å². The van der Waals surface area contributed by atoms with Crippen molar-refractivity contribution in [1.82, 2.24) is 5.32 Å². The van der Waals surface area contributed by atoms with Crippen LogP contribution in [-0.2, 0) is 0 Å². The van der Waals surface area contributed by atoms with Crippen LogP contribution in [0.15, 0.2) is 18.2 Å². The van der Waals surface area contributed by atoms with Crippen LogP contribution in [0.3, 0.4) is 0 Å². The lowest BCUT2D eigenvalue weighted by molar-refractivity contribution is -0.133. The van der Waals surface area contributed by atoms with Crippen LogP contribution in [-0.4, -0.2) is 17.8 Å². The number of aryl methyl sites for hydroxylation is 1. The van der Waals surface area contributed by atoms with Crippen LogP contribution in [0.4, 0.5) is 13.2 Å². The van der Waals surface area contributed by atoms with E-state index in [0.29, 0.717) is 5.56 Å². The van der Waals surface area contributed by atoms with Crippen LogP contribution < -0.4 is 5.32 Å². The number of alkyl halides is 3. The summed E-state index contributed by atoms with van der Waals surface area (Å²) in [6.07, 6.45) is -5.02. The second kappa shape index (κ2) is 5.40. The van der Waals surface area contributed by atoms with Gasteiger partial charge in [-0.3, -0.25) is 0 Å². The Morgan fingerprint density at radius 3 is 2.53 bits per heavy atom. The highest BCUT2D eigenvalue weighted by molar-refractivity contribution is 5.37. The minimum Gasteiger partial charge on any atom is -0.508 e. The second-order valence-electron chi connectivity index (χ2n) is 4.10. The number of phenolic OH excluding ortho intramolecular Hbond substituents is 1. The lowest BCUT2D eigenvalue weighted by Gasteiger charge is -2.16. The van der Waals surface area contributed by atoms with Gasteiger partial charge in [-0.05, 0) is 25.5 Å². The summed E-state index contributed by atoms with van der Waals surface area (Å²) in [6, 6.07) is 4.82. The molecule has 1 aromatic carbocycles. The van der Waals surface area contributed by atoms with Crippen LogP contribution in [0, 0.1) is 6.92 Å². The fourth-order valence-electron chi connectivity index (χ4n) is 1.56. The molecule has 0 radical (unpaired) electrons. The standard InChI is InChI=1S/C12H16F3NO/c1-8-3-4-10(11(17)7-8)9(2)16-6-5-12(13,14)15/h3-4,7,9,16-17H,5-6H2,1-2H3. The van der Waals surface area contributed by atoms with E-state index in [9.17, 15) is 18.3 Å². The van der Waals surface area contributed by atoms with Crippen molar-refractivity contribution in [3.05, 3.63) is 29.3 Å². The molecule has 1 unspecified atom stereocenters. The molecule has 1 rings (SSSR count). The van der Waals surface area contributed by atoms with E-state index in [2.05, 4.69) is 5.32 Å². The number of benzene rings is 1. The molecule has 5 heteroatoms. The van der Waals surface area contributed by atoms with Crippen molar-refractivity contribution in [2.45, 2.75) is 32.5 Å². The van der Waals surface area contributed by atoms with Crippen molar-refractivity contribution < 1.29 is 18.3 Å². The average Bonchev–Trinajstić information content (AvgIpc) is 2.15. The molecule has 0 aliphatic carbocycles. The van der Waals surface area contributed by atoms with Crippen molar-refractivity contribution in [3.8, 4) is 5.75 Å². The number of hydrogen-bond donors (Lipinski definition) is 2. The molecule has 0 spiro atoms. The summed E-state index contributed by atoms with van der Waals surface area (Å²) in [5.74, 6) is 0.108. The highest BCUT2D eigenvalue weighted by Crippen LogP contribution is 2.25. The molecule has 0 heterocycles. The quantitative estimate of drug-likeness (QED) is 0.855. The maximum absolute atomic E-state index is 12.0. The highest BCUT2D eigenvalue weighted by atomic mass is 19.4. The van der Waals surface area contributed by atoms with Crippen molar-refractivity contribution in [2.75, 3.05) is 6.54 Å². The lowest BCUT2D eigenvalue weighted by Crippen LogP contribution is -2.24. The molecule has 1 atom stereocenters. The van der Waals surface area contributed by atoms with Gasteiger partial charge in [0.15, 0.2) is 0 Å². The molecule has 96 valence electrons. The summed E-state index contributed by atoms with van der Waals surface area (Å²) in [7, 11) is 0. The first-order valence-corrected chi connectivity index (χ1v) is 5.39. The Hall–Kier alpha value is -1.23. The first-order valence-electron chi connectivity index (χ1n) is 5.39. The fraction of sp³-hybridized carbons (Fsp3) is 0.500. The van der Waals surface area contributed by atoms with Crippen LogP contribution in [0.5, 0.6) is 5.75 Å². The third-order valence-corrected chi connectivity index (χ3v) is 2.51. The molecule has 0 aromatic heterocycles. The van der Waals surface area contributed by atoms with E-state index < -0.39 is 12.6 Å². The molecule has 2 N–H and O–H groups in total. The zero-order valence-electron chi connectivity index (χ0n) is 9.80. The molecule has 0 aliphatic heterocycles. The molecular formula is C12H16F3NO. The van der Waals surface area contributed by atoms with E-state index in [-0.39, 0.29) is 18.3 Å². The van der Waals surface area contributed by atoms with Crippen molar-refractivity contribution in [1.29, 1.82) is 0 Å². The Bertz CT molecular complexity index is 377. The van der Waals surface area contributed by atoms with Crippen LogP contribution in [0.25, 0.3) is 0 Å². The second-order valence-corrected chi connectivity index (χ2v) is 4.10. The van der Waals surface area contributed by atoms with E-state index in [0.717, 1.165) is 5.56 Å².